The largest absolute Gasteiger partial charge is 0.388 e. The summed E-state index contributed by atoms with van der Waals surface area (Å²) in [5.74, 6) is -0.213. The van der Waals surface area contributed by atoms with E-state index in [9.17, 15) is 20.3 Å². The maximum atomic E-state index is 12.3. The number of rotatable bonds is 1. The van der Waals surface area contributed by atoms with Gasteiger partial charge < -0.3 is 15.1 Å². The second kappa shape index (κ2) is 4.63. The SMILES string of the molecule is N#CC1(C(=O)N2CC(O)C(O)C2)CCCCC1. The zero-order valence-corrected chi connectivity index (χ0v) is 9.80. The lowest BCUT2D eigenvalue weighted by Crippen LogP contribution is -2.43. The van der Waals surface area contributed by atoms with E-state index in [1.807, 2.05) is 0 Å². The Morgan fingerprint density at radius 3 is 2.18 bits per heavy atom. The van der Waals surface area contributed by atoms with Gasteiger partial charge in [0.25, 0.3) is 0 Å². The number of β-amino-alcohol motifs (C(OH)–C–C–N with tert-alkyl or cyclic N) is 2. The highest BCUT2D eigenvalue weighted by Crippen LogP contribution is 2.38. The summed E-state index contributed by atoms with van der Waals surface area (Å²) in [4.78, 5) is 13.8. The molecule has 0 aromatic rings. The lowest BCUT2D eigenvalue weighted by molar-refractivity contribution is -0.140. The van der Waals surface area contributed by atoms with Crippen molar-refractivity contribution in [2.24, 2.45) is 5.41 Å². The summed E-state index contributed by atoms with van der Waals surface area (Å²) < 4.78 is 0. The van der Waals surface area contributed by atoms with Gasteiger partial charge in [0, 0.05) is 13.1 Å². The van der Waals surface area contributed by atoms with Crippen molar-refractivity contribution >= 4 is 5.91 Å². The zero-order chi connectivity index (χ0) is 12.5. The highest BCUT2D eigenvalue weighted by molar-refractivity contribution is 5.86. The van der Waals surface area contributed by atoms with E-state index < -0.39 is 17.6 Å². The van der Waals surface area contributed by atoms with Crippen molar-refractivity contribution in [2.45, 2.75) is 44.3 Å². The van der Waals surface area contributed by atoms with Gasteiger partial charge in [0.2, 0.25) is 5.91 Å². The first-order valence-corrected chi connectivity index (χ1v) is 6.16. The van der Waals surface area contributed by atoms with Crippen molar-refractivity contribution in [1.82, 2.24) is 4.90 Å². The van der Waals surface area contributed by atoms with Gasteiger partial charge in [0.15, 0.2) is 0 Å². The van der Waals surface area contributed by atoms with Gasteiger partial charge in [-0.2, -0.15) is 5.26 Å². The minimum Gasteiger partial charge on any atom is -0.388 e. The number of carbonyl (C=O) groups excluding carboxylic acids is 1. The maximum Gasteiger partial charge on any atom is 0.243 e. The summed E-state index contributed by atoms with van der Waals surface area (Å²) >= 11 is 0. The zero-order valence-electron chi connectivity index (χ0n) is 9.80. The normalized spacial score (nSPS) is 32.2. The molecule has 2 fully saturated rings. The van der Waals surface area contributed by atoms with Gasteiger partial charge in [-0.25, -0.2) is 0 Å². The second-order valence-corrected chi connectivity index (χ2v) is 5.10. The van der Waals surface area contributed by atoms with Gasteiger partial charge in [-0.1, -0.05) is 19.3 Å². The van der Waals surface area contributed by atoms with Gasteiger partial charge in [-0.15, -0.1) is 0 Å². The average molecular weight is 238 g/mol. The third kappa shape index (κ3) is 2.15. The van der Waals surface area contributed by atoms with Crippen LogP contribution < -0.4 is 0 Å². The molecule has 5 nitrogen and oxygen atoms in total. The molecule has 17 heavy (non-hydrogen) atoms. The van der Waals surface area contributed by atoms with Gasteiger partial charge in [-0.05, 0) is 12.8 Å². The molecule has 0 spiro atoms. The second-order valence-electron chi connectivity index (χ2n) is 5.10. The topological polar surface area (TPSA) is 84.6 Å². The molecule has 2 atom stereocenters. The van der Waals surface area contributed by atoms with Crippen molar-refractivity contribution in [2.75, 3.05) is 13.1 Å². The van der Waals surface area contributed by atoms with Crippen LogP contribution in [-0.4, -0.2) is 46.3 Å². The van der Waals surface area contributed by atoms with Gasteiger partial charge >= 0.3 is 0 Å². The molecule has 1 heterocycles. The number of carbonyl (C=O) groups is 1. The fourth-order valence-corrected chi connectivity index (χ4v) is 2.77. The fraction of sp³-hybridized carbons (Fsp3) is 0.833. The first-order chi connectivity index (χ1) is 8.09. The molecule has 0 aromatic heterocycles. The van der Waals surface area contributed by atoms with Crippen LogP contribution in [0, 0.1) is 16.7 Å². The van der Waals surface area contributed by atoms with Crippen LogP contribution in [0.1, 0.15) is 32.1 Å². The maximum absolute atomic E-state index is 12.3. The van der Waals surface area contributed by atoms with Crippen LogP contribution >= 0.6 is 0 Å². The molecule has 0 radical (unpaired) electrons. The molecular weight excluding hydrogens is 220 g/mol. The van der Waals surface area contributed by atoms with E-state index in [1.54, 1.807) is 0 Å². The van der Waals surface area contributed by atoms with E-state index in [1.165, 1.54) is 4.90 Å². The Labute approximate surface area is 101 Å². The van der Waals surface area contributed by atoms with E-state index in [0.717, 1.165) is 19.3 Å². The predicted octanol–water partition coefficient (Wildman–Crippen LogP) is 0.0245. The number of nitrogens with zero attached hydrogens (tertiary/aromatic N) is 2. The Balaban J connectivity index is 2.11. The number of nitriles is 1. The van der Waals surface area contributed by atoms with Crippen LogP contribution in [0.25, 0.3) is 0 Å². The Bertz CT molecular complexity index is 334. The number of likely N-dealkylation sites (tertiary alicyclic amines) is 1. The highest BCUT2D eigenvalue weighted by atomic mass is 16.3. The Morgan fingerprint density at radius 1 is 1.18 bits per heavy atom. The summed E-state index contributed by atoms with van der Waals surface area (Å²) in [6.45, 7) is 0.285. The van der Waals surface area contributed by atoms with Crippen LogP contribution in [0.4, 0.5) is 0 Å². The van der Waals surface area contributed by atoms with E-state index >= 15 is 0 Å². The van der Waals surface area contributed by atoms with Crippen LogP contribution in [-0.2, 0) is 4.79 Å². The van der Waals surface area contributed by atoms with Gasteiger partial charge in [0.1, 0.15) is 5.41 Å². The molecule has 0 aromatic carbocycles. The summed E-state index contributed by atoms with van der Waals surface area (Å²) in [5.41, 5.74) is -0.915. The van der Waals surface area contributed by atoms with E-state index in [4.69, 9.17) is 0 Å². The molecule has 2 rings (SSSR count). The van der Waals surface area contributed by atoms with Crippen LogP contribution in [0.3, 0.4) is 0 Å². The first-order valence-electron chi connectivity index (χ1n) is 6.16. The summed E-state index contributed by atoms with van der Waals surface area (Å²) in [6.07, 6.45) is 2.32. The van der Waals surface area contributed by atoms with Crippen molar-refractivity contribution < 1.29 is 15.0 Å². The van der Waals surface area contributed by atoms with Crippen LogP contribution in [0.2, 0.25) is 0 Å². The van der Waals surface area contributed by atoms with E-state index in [2.05, 4.69) is 6.07 Å². The smallest absolute Gasteiger partial charge is 0.243 e. The predicted molar refractivity (Wildman–Crippen MR) is 59.7 cm³/mol. The number of hydrogen-bond acceptors (Lipinski definition) is 4. The number of hydrogen-bond donors (Lipinski definition) is 2. The lowest BCUT2D eigenvalue weighted by Gasteiger charge is -2.32. The van der Waals surface area contributed by atoms with Crippen molar-refractivity contribution in [3.05, 3.63) is 0 Å². The summed E-state index contributed by atoms with van der Waals surface area (Å²) in [6, 6.07) is 2.17. The molecule has 2 N–H and O–H groups in total. The number of amides is 1. The van der Waals surface area contributed by atoms with E-state index in [-0.39, 0.29) is 19.0 Å². The minimum absolute atomic E-state index is 0.142. The van der Waals surface area contributed by atoms with Crippen LogP contribution in [0.5, 0.6) is 0 Å². The standard InChI is InChI=1S/C12H18N2O3/c13-8-12(4-2-1-3-5-12)11(17)14-6-9(15)10(16)7-14/h9-10,15-16H,1-7H2. The third-order valence-corrected chi connectivity index (χ3v) is 3.88. The number of aliphatic hydroxyl groups is 2. The molecule has 0 bridgehead atoms. The lowest BCUT2D eigenvalue weighted by atomic mass is 9.74. The summed E-state index contributed by atoms with van der Waals surface area (Å²) in [7, 11) is 0. The molecule has 2 unspecified atom stereocenters. The molecule has 1 aliphatic carbocycles. The first kappa shape index (κ1) is 12.3. The Morgan fingerprint density at radius 2 is 1.71 bits per heavy atom. The van der Waals surface area contributed by atoms with Crippen molar-refractivity contribution in [3.8, 4) is 6.07 Å². The molecule has 1 aliphatic heterocycles. The fourth-order valence-electron chi connectivity index (χ4n) is 2.77. The molecule has 94 valence electrons. The van der Waals surface area contributed by atoms with Crippen LogP contribution in [0.15, 0.2) is 0 Å². The summed E-state index contributed by atoms with van der Waals surface area (Å²) in [5, 5.41) is 28.2. The van der Waals surface area contributed by atoms with Gasteiger partial charge in [0.05, 0.1) is 18.3 Å². The highest BCUT2D eigenvalue weighted by Gasteiger charge is 2.45. The van der Waals surface area contributed by atoms with Crippen molar-refractivity contribution in [3.63, 3.8) is 0 Å². The molecule has 1 amide bonds. The van der Waals surface area contributed by atoms with Gasteiger partial charge in [-0.3, -0.25) is 4.79 Å². The van der Waals surface area contributed by atoms with Crippen molar-refractivity contribution in [1.29, 1.82) is 5.26 Å². The molecule has 1 saturated heterocycles. The number of aliphatic hydroxyl groups excluding tert-OH is 2. The molecular formula is C12H18N2O3. The van der Waals surface area contributed by atoms with E-state index in [0.29, 0.717) is 12.8 Å². The Hall–Kier alpha value is -1.12. The molecule has 1 saturated carbocycles. The third-order valence-electron chi connectivity index (χ3n) is 3.88. The Kier molecular flexibility index (Phi) is 3.36. The minimum atomic E-state index is -0.915. The average Bonchev–Trinajstić information content (AvgIpc) is 2.69. The molecule has 2 aliphatic rings. The monoisotopic (exact) mass is 238 g/mol. The quantitative estimate of drug-likeness (QED) is 0.674. The molecule has 5 heteroatoms.